The number of hydrogen-bond donors (Lipinski definition) is 3. The van der Waals surface area contributed by atoms with E-state index < -0.39 is 12.4 Å². The van der Waals surface area contributed by atoms with Crippen molar-refractivity contribution in [2.24, 2.45) is 5.92 Å². The minimum Gasteiger partial charge on any atom is -0.388 e. The molecule has 0 aromatic heterocycles. The van der Waals surface area contributed by atoms with Gasteiger partial charge in [0.15, 0.2) is 6.29 Å². The van der Waals surface area contributed by atoms with Crippen molar-refractivity contribution in [3.63, 3.8) is 0 Å². The van der Waals surface area contributed by atoms with E-state index in [4.69, 9.17) is 4.74 Å². The van der Waals surface area contributed by atoms with Crippen LogP contribution in [0.25, 0.3) is 10.8 Å². The first-order chi connectivity index (χ1) is 12.6. The Labute approximate surface area is 154 Å². The molecule has 1 fully saturated rings. The fraction of sp³-hybridized carbons (Fsp3) is 0.364. The maximum absolute atomic E-state index is 10.0. The Morgan fingerprint density at radius 2 is 1.96 bits per heavy atom. The van der Waals surface area contributed by atoms with Gasteiger partial charge in [-0.25, -0.2) is 0 Å². The van der Waals surface area contributed by atoms with Gasteiger partial charge in [-0.05, 0) is 31.7 Å². The van der Waals surface area contributed by atoms with Crippen molar-refractivity contribution < 1.29 is 14.9 Å². The summed E-state index contributed by atoms with van der Waals surface area (Å²) in [4.78, 5) is 0. The number of nitrogens with one attached hydrogen (secondary N) is 1. The summed E-state index contributed by atoms with van der Waals surface area (Å²) >= 11 is 0. The summed E-state index contributed by atoms with van der Waals surface area (Å²) in [7, 11) is 0. The molecule has 0 aliphatic carbocycles. The first-order valence-electron chi connectivity index (χ1n) is 9.13. The van der Waals surface area contributed by atoms with E-state index in [1.165, 1.54) is 5.39 Å². The van der Waals surface area contributed by atoms with Crippen molar-refractivity contribution in [3.8, 4) is 0 Å². The SMILES string of the molecule is CC=CC=C(C)C1CC(O)C(O)OC1CNc1cccc2ccccc12. The molecule has 138 valence electrons. The number of benzene rings is 2. The fourth-order valence-electron chi connectivity index (χ4n) is 3.52. The molecular formula is C22H27NO3. The molecule has 26 heavy (non-hydrogen) atoms. The van der Waals surface area contributed by atoms with Crippen LogP contribution < -0.4 is 5.32 Å². The van der Waals surface area contributed by atoms with Crippen LogP contribution in [0.1, 0.15) is 20.3 Å². The van der Waals surface area contributed by atoms with Gasteiger partial charge < -0.3 is 20.3 Å². The van der Waals surface area contributed by atoms with Crippen LogP contribution in [0.15, 0.2) is 66.3 Å². The molecule has 1 heterocycles. The Bertz CT molecular complexity index is 794. The van der Waals surface area contributed by atoms with E-state index in [0.717, 1.165) is 16.6 Å². The number of fused-ring (bicyclic) bond motifs is 1. The summed E-state index contributed by atoms with van der Waals surface area (Å²) in [5, 5.41) is 25.8. The Kier molecular flexibility index (Phi) is 6.09. The zero-order valence-corrected chi connectivity index (χ0v) is 15.3. The zero-order valence-electron chi connectivity index (χ0n) is 15.3. The molecule has 1 saturated heterocycles. The molecule has 0 amide bonds. The van der Waals surface area contributed by atoms with Crippen LogP contribution in [0.5, 0.6) is 0 Å². The molecule has 3 rings (SSSR count). The van der Waals surface area contributed by atoms with Crippen molar-refractivity contribution in [3.05, 3.63) is 66.3 Å². The molecule has 2 aromatic carbocycles. The molecule has 0 radical (unpaired) electrons. The third kappa shape index (κ3) is 4.15. The predicted octanol–water partition coefficient (Wildman–Crippen LogP) is 3.86. The molecule has 4 atom stereocenters. The van der Waals surface area contributed by atoms with Crippen molar-refractivity contribution >= 4 is 16.5 Å². The van der Waals surface area contributed by atoms with Gasteiger partial charge in [-0.2, -0.15) is 0 Å². The van der Waals surface area contributed by atoms with E-state index in [1.807, 2.05) is 56.3 Å². The smallest absolute Gasteiger partial charge is 0.181 e. The van der Waals surface area contributed by atoms with E-state index in [0.29, 0.717) is 13.0 Å². The van der Waals surface area contributed by atoms with E-state index >= 15 is 0 Å². The van der Waals surface area contributed by atoms with Gasteiger partial charge >= 0.3 is 0 Å². The summed E-state index contributed by atoms with van der Waals surface area (Å²) in [6.07, 6.45) is 4.28. The Hall–Kier alpha value is -2.14. The van der Waals surface area contributed by atoms with Crippen LogP contribution in [-0.4, -0.2) is 35.3 Å². The normalized spacial score (nSPS) is 27.2. The van der Waals surface area contributed by atoms with Crippen molar-refractivity contribution in [1.29, 1.82) is 0 Å². The standard InChI is InChI=1S/C22H27NO3/c1-3-4-8-15(2)18-13-20(24)22(25)26-21(18)14-23-19-12-7-10-16-9-5-6-11-17(16)19/h3-12,18,20-25H,13-14H2,1-2H3. The van der Waals surface area contributed by atoms with Crippen LogP contribution >= 0.6 is 0 Å². The third-order valence-corrected chi connectivity index (χ3v) is 5.01. The molecule has 1 aliphatic rings. The average molecular weight is 353 g/mol. The average Bonchev–Trinajstić information content (AvgIpc) is 2.66. The first kappa shape index (κ1) is 18.6. The second-order valence-corrected chi connectivity index (χ2v) is 6.82. The lowest BCUT2D eigenvalue weighted by Gasteiger charge is -2.38. The number of anilines is 1. The summed E-state index contributed by atoms with van der Waals surface area (Å²) in [6, 6.07) is 14.4. The second-order valence-electron chi connectivity index (χ2n) is 6.82. The van der Waals surface area contributed by atoms with Crippen LogP contribution in [0.3, 0.4) is 0 Å². The Morgan fingerprint density at radius 1 is 1.19 bits per heavy atom. The Balaban J connectivity index is 1.78. The van der Waals surface area contributed by atoms with Crippen LogP contribution in [0.4, 0.5) is 5.69 Å². The zero-order chi connectivity index (χ0) is 18.5. The van der Waals surface area contributed by atoms with Gasteiger partial charge in [0.2, 0.25) is 0 Å². The summed E-state index contributed by atoms with van der Waals surface area (Å²) in [6.45, 7) is 4.58. The molecule has 1 aliphatic heterocycles. The molecule has 4 unspecified atom stereocenters. The molecule has 0 spiro atoms. The highest BCUT2D eigenvalue weighted by atomic mass is 16.6. The topological polar surface area (TPSA) is 61.7 Å². The van der Waals surface area contributed by atoms with Gasteiger partial charge in [-0.3, -0.25) is 0 Å². The van der Waals surface area contributed by atoms with E-state index in [9.17, 15) is 10.2 Å². The van der Waals surface area contributed by atoms with Crippen LogP contribution in [0, 0.1) is 5.92 Å². The molecule has 4 nitrogen and oxygen atoms in total. The number of rotatable bonds is 5. The summed E-state index contributed by atoms with van der Waals surface area (Å²) in [5.74, 6) is 0.0482. The first-order valence-corrected chi connectivity index (χ1v) is 9.13. The van der Waals surface area contributed by atoms with E-state index in [2.05, 4.69) is 23.5 Å². The second kappa shape index (κ2) is 8.49. The highest BCUT2D eigenvalue weighted by Crippen LogP contribution is 2.31. The van der Waals surface area contributed by atoms with Gasteiger partial charge in [-0.1, -0.05) is 60.2 Å². The number of aliphatic hydroxyl groups excluding tert-OH is 2. The van der Waals surface area contributed by atoms with E-state index in [1.54, 1.807) is 0 Å². The number of aliphatic hydroxyl groups is 2. The largest absolute Gasteiger partial charge is 0.388 e. The molecule has 4 heteroatoms. The molecule has 3 N–H and O–H groups in total. The van der Waals surface area contributed by atoms with E-state index in [-0.39, 0.29) is 12.0 Å². The highest BCUT2D eigenvalue weighted by molar-refractivity contribution is 5.93. The monoisotopic (exact) mass is 353 g/mol. The highest BCUT2D eigenvalue weighted by Gasteiger charge is 2.36. The number of ether oxygens (including phenoxy) is 1. The molecule has 0 bridgehead atoms. The van der Waals surface area contributed by atoms with Gasteiger partial charge in [0.25, 0.3) is 0 Å². The Morgan fingerprint density at radius 3 is 2.77 bits per heavy atom. The lowest BCUT2D eigenvalue weighted by atomic mass is 9.85. The van der Waals surface area contributed by atoms with Crippen LogP contribution in [0.2, 0.25) is 0 Å². The summed E-state index contributed by atoms with van der Waals surface area (Å²) in [5.41, 5.74) is 2.18. The predicted molar refractivity (Wildman–Crippen MR) is 106 cm³/mol. The van der Waals surface area contributed by atoms with Crippen molar-refractivity contribution in [2.45, 2.75) is 38.8 Å². The third-order valence-electron chi connectivity index (χ3n) is 5.01. The van der Waals surface area contributed by atoms with Gasteiger partial charge in [-0.15, -0.1) is 0 Å². The number of hydrogen-bond acceptors (Lipinski definition) is 4. The fourth-order valence-corrected chi connectivity index (χ4v) is 3.52. The quantitative estimate of drug-likeness (QED) is 0.715. The minimum atomic E-state index is -1.14. The molecular weight excluding hydrogens is 326 g/mol. The van der Waals surface area contributed by atoms with Gasteiger partial charge in [0, 0.05) is 23.5 Å². The number of allylic oxidation sites excluding steroid dienone is 3. The van der Waals surface area contributed by atoms with Crippen molar-refractivity contribution in [2.75, 3.05) is 11.9 Å². The summed E-state index contributed by atoms with van der Waals surface area (Å²) < 4.78 is 5.72. The van der Waals surface area contributed by atoms with Gasteiger partial charge in [0.05, 0.1) is 6.10 Å². The maximum Gasteiger partial charge on any atom is 0.181 e. The maximum atomic E-state index is 10.0. The van der Waals surface area contributed by atoms with Crippen molar-refractivity contribution in [1.82, 2.24) is 0 Å². The minimum absolute atomic E-state index is 0.0482. The molecule has 0 saturated carbocycles. The molecule has 2 aromatic rings. The van der Waals surface area contributed by atoms with Gasteiger partial charge in [0.1, 0.15) is 6.10 Å². The van der Waals surface area contributed by atoms with Crippen LogP contribution in [-0.2, 0) is 4.74 Å². The lowest BCUT2D eigenvalue weighted by molar-refractivity contribution is -0.224. The lowest BCUT2D eigenvalue weighted by Crippen LogP contribution is -2.47.